The van der Waals surface area contributed by atoms with Gasteiger partial charge in [0.25, 0.3) is 0 Å². The molecule has 1 atom stereocenters. The van der Waals surface area contributed by atoms with Gasteiger partial charge in [0.2, 0.25) is 11.8 Å². The van der Waals surface area contributed by atoms with Crippen LogP contribution in [0.25, 0.3) is 0 Å². The van der Waals surface area contributed by atoms with Gasteiger partial charge in [-0.3, -0.25) is 9.59 Å². The van der Waals surface area contributed by atoms with Crippen LogP contribution in [-0.2, 0) is 29.0 Å². The Morgan fingerprint density at radius 2 is 1.96 bits per heavy atom. The van der Waals surface area contributed by atoms with E-state index < -0.39 is 0 Å². The van der Waals surface area contributed by atoms with E-state index >= 15 is 0 Å². The van der Waals surface area contributed by atoms with E-state index in [1.165, 1.54) is 0 Å². The molecule has 0 bridgehead atoms. The van der Waals surface area contributed by atoms with Crippen LogP contribution in [0, 0.1) is 0 Å². The summed E-state index contributed by atoms with van der Waals surface area (Å²) >= 11 is 0. The monoisotopic (exact) mass is 378 g/mol. The van der Waals surface area contributed by atoms with Crippen LogP contribution in [0.2, 0.25) is 0 Å². The molecule has 0 aliphatic carbocycles. The van der Waals surface area contributed by atoms with E-state index in [-0.39, 0.29) is 17.9 Å². The van der Waals surface area contributed by atoms with E-state index in [1.54, 1.807) is 6.92 Å². The zero-order valence-electron chi connectivity index (χ0n) is 16.3. The van der Waals surface area contributed by atoms with Crippen molar-refractivity contribution in [2.75, 3.05) is 13.1 Å². The quantitative estimate of drug-likeness (QED) is 0.824. The van der Waals surface area contributed by atoms with Gasteiger partial charge in [-0.1, -0.05) is 30.3 Å². The highest BCUT2D eigenvalue weighted by Gasteiger charge is 2.31. The Balaban J connectivity index is 1.53. The first-order chi connectivity index (χ1) is 13.6. The lowest BCUT2D eigenvalue weighted by atomic mass is 9.99. The van der Waals surface area contributed by atoms with Gasteiger partial charge in [0.05, 0.1) is 18.2 Å². The number of hydrogen-bond acceptors (Lipinski definition) is 4. The van der Waals surface area contributed by atoms with Gasteiger partial charge in [0.15, 0.2) is 5.82 Å². The summed E-state index contributed by atoms with van der Waals surface area (Å²) in [6.07, 6.45) is 6.01. The predicted molar refractivity (Wildman–Crippen MR) is 105 cm³/mol. The smallest absolute Gasteiger partial charge is 0.227 e. The highest BCUT2D eigenvalue weighted by Crippen LogP contribution is 2.30. The molecular weight excluding hydrogens is 352 g/mol. The van der Waals surface area contributed by atoms with E-state index in [1.807, 2.05) is 46.3 Å². The molecule has 146 valence electrons. The predicted octanol–water partition coefficient (Wildman–Crippen LogP) is 2.68. The first kappa shape index (κ1) is 18.6. The van der Waals surface area contributed by atoms with Gasteiger partial charge >= 0.3 is 0 Å². The van der Waals surface area contributed by atoms with Crippen LogP contribution in [-0.4, -0.2) is 44.7 Å². The Morgan fingerprint density at radius 1 is 1.14 bits per heavy atom. The van der Waals surface area contributed by atoms with Crippen molar-refractivity contribution in [3.05, 3.63) is 59.2 Å². The SMILES string of the molecule is CC(=O)N1CCc2nc([C@@H]3CCCCN3C(=O)Cc3ccccc3)ncc2C1. The molecule has 6 heteroatoms. The van der Waals surface area contributed by atoms with E-state index in [2.05, 4.69) is 4.98 Å². The molecule has 0 N–H and O–H groups in total. The van der Waals surface area contributed by atoms with Crippen LogP contribution in [0.4, 0.5) is 0 Å². The Hall–Kier alpha value is -2.76. The van der Waals surface area contributed by atoms with Gasteiger partial charge in [0.1, 0.15) is 0 Å². The third-order valence-corrected chi connectivity index (χ3v) is 5.72. The first-order valence-electron chi connectivity index (χ1n) is 10.1. The molecule has 4 rings (SSSR count). The summed E-state index contributed by atoms with van der Waals surface area (Å²) in [5, 5.41) is 0. The van der Waals surface area contributed by atoms with Crippen LogP contribution >= 0.6 is 0 Å². The summed E-state index contributed by atoms with van der Waals surface area (Å²) in [6.45, 7) is 3.62. The molecule has 1 saturated heterocycles. The van der Waals surface area contributed by atoms with Crippen molar-refractivity contribution in [1.82, 2.24) is 19.8 Å². The second-order valence-electron chi connectivity index (χ2n) is 7.65. The zero-order chi connectivity index (χ0) is 19.5. The summed E-state index contributed by atoms with van der Waals surface area (Å²) < 4.78 is 0. The minimum atomic E-state index is -0.0545. The number of aromatic nitrogens is 2. The number of nitrogens with zero attached hydrogens (tertiary/aromatic N) is 4. The molecule has 6 nitrogen and oxygen atoms in total. The fraction of sp³-hybridized carbons (Fsp3) is 0.455. The molecule has 28 heavy (non-hydrogen) atoms. The van der Waals surface area contributed by atoms with Crippen LogP contribution in [0.3, 0.4) is 0 Å². The molecule has 2 amide bonds. The molecular formula is C22H26N4O2. The lowest BCUT2D eigenvalue weighted by Gasteiger charge is -2.35. The number of carbonyl (C=O) groups is 2. The van der Waals surface area contributed by atoms with Crippen LogP contribution in [0.5, 0.6) is 0 Å². The van der Waals surface area contributed by atoms with Crippen molar-refractivity contribution >= 4 is 11.8 Å². The number of hydrogen-bond donors (Lipinski definition) is 0. The van der Waals surface area contributed by atoms with Crippen molar-refractivity contribution in [1.29, 1.82) is 0 Å². The minimum absolute atomic E-state index is 0.0545. The molecule has 3 heterocycles. The minimum Gasteiger partial charge on any atom is -0.338 e. The summed E-state index contributed by atoms with van der Waals surface area (Å²) in [7, 11) is 0. The molecule has 2 aliphatic heterocycles. The van der Waals surface area contributed by atoms with Gasteiger partial charge < -0.3 is 9.80 Å². The van der Waals surface area contributed by atoms with Gasteiger partial charge in [-0.05, 0) is 24.8 Å². The van der Waals surface area contributed by atoms with Crippen molar-refractivity contribution in [3.8, 4) is 0 Å². The maximum Gasteiger partial charge on any atom is 0.227 e. The van der Waals surface area contributed by atoms with E-state index in [0.29, 0.717) is 19.5 Å². The van der Waals surface area contributed by atoms with Crippen LogP contribution in [0.1, 0.15) is 54.9 Å². The second kappa shape index (κ2) is 8.09. The molecule has 0 radical (unpaired) electrons. The fourth-order valence-corrected chi connectivity index (χ4v) is 4.13. The molecule has 0 unspecified atom stereocenters. The fourth-order valence-electron chi connectivity index (χ4n) is 4.13. The number of piperidine rings is 1. The van der Waals surface area contributed by atoms with Crippen LogP contribution in [0.15, 0.2) is 36.5 Å². The summed E-state index contributed by atoms with van der Waals surface area (Å²) in [5.41, 5.74) is 3.07. The largest absolute Gasteiger partial charge is 0.338 e. The maximum absolute atomic E-state index is 13.0. The van der Waals surface area contributed by atoms with E-state index in [0.717, 1.165) is 54.9 Å². The number of benzene rings is 1. The lowest BCUT2D eigenvalue weighted by Crippen LogP contribution is -2.40. The van der Waals surface area contributed by atoms with Crippen molar-refractivity contribution in [2.24, 2.45) is 0 Å². The van der Waals surface area contributed by atoms with Gasteiger partial charge in [-0.25, -0.2) is 9.97 Å². The molecule has 1 fully saturated rings. The highest BCUT2D eigenvalue weighted by molar-refractivity contribution is 5.79. The number of carbonyl (C=O) groups excluding carboxylic acids is 2. The molecule has 0 saturated carbocycles. The standard InChI is InChI=1S/C22H26N4O2/c1-16(27)25-12-10-19-18(15-25)14-23-22(24-19)20-9-5-6-11-26(20)21(28)13-17-7-3-2-4-8-17/h2-4,7-8,14,20H,5-6,9-13,15H2,1H3/t20-/m0/s1. The summed E-state index contributed by atoms with van der Waals surface area (Å²) in [6, 6.07) is 9.83. The van der Waals surface area contributed by atoms with E-state index in [9.17, 15) is 9.59 Å². The first-order valence-corrected chi connectivity index (χ1v) is 10.1. The average molecular weight is 378 g/mol. The lowest BCUT2D eigenvalue weighted by molar-refractivity contribution is -0.134. The van der Waals surface area contributed by atoms with Crippen molar-refractivity contribution in [2.45, 2.75) is 51.6 Å². The zero-order valence-corrected chi connectivity index (χ0v) is 16.3. The summed E-state index contributed by atoms with van der Waals surface area (Å²) in [4.78, 5) is 37.8. The Labute approximate surface area is 165 Å². The van der Waals surface area contributed by atoms with E-state index in [4.69, 9.17) is 4.98 Å². The topological polar surface area (TPSA) is 66.4 Å². The molecule has 1 aromatic heterocycles. The van der Waals surface area contributed by atoms with Gasteiger partial charge in [-0.2, -0.15) is 0 Å². The average Bonchev–Trinajstić information content (AvgIpc) is 2.73. The number of fused-ring (bicyclic) bond motifs is 1. The van der Waals surface area contributed by atoms with Gasteiger partial charge in [-0.15, -0.1) is 0 Å². The normalized spacial score (nSPS) is 19.2. The maximum atomic E-state index is 13.0. The Kier molecular flexibility index (Phi) is 5.37. The third kappa shape index (κ3) is 3.91. The number of rotatable bonds is 3. The van der Waals surface area contributed by atoms with Crippen molar-refractivity contribution < 1.29 is 9.59 Å². The van der Waals surface area contributed by atoms with Gasteiger partial charge in [0, 0.05) is 44.7 Å². The Morgan fingerprint density at radius 3 is 2.75 bits per heavy atom. The van der Waals surface area contributed by atoms with Crippen molar-refractivity contribution in [3.63, 3.8) is 0 Å². The molecule has 1 aromatic carbocycles. The number of amides is 2. The molecule has 2 aliphatic rings. The van der Waals surface area contributed by atoms with Crippen LogP contribution < -0.4 is 0 Å². The number of likely N-dealkylation sites (tertiary alicyclic amines) is 1. The Bertz CT molecular complexity index is 868. The molecule has 2 aromatic rings. The third-order valence-electron chi connectivity index (χ3n) is 5.72. The molecule has 0 spiro atoms. The summed E-state index contributed by atoms with van der Waals surface area (Å²) in [5.74, 6) is 0.968. The highest BCUT2D eigenvalue weighted by atomic mass is 16.2. The second-order valence-corrected chi connectivity index (χ2v) is 7.65.